The van der Waals surface area contributed by atoms with Gasteiger partial charge in [0.1, 0.15) is 0 Å². The Kier molecular flexibility index (Phi) is 2.60. The summed E-state index contributed by atoms with van der Waals surface area (Å²) in [6.07, 6.45) is 1.96. The van der Waals surface area contributed by atoms with Crippen molar-refractivity contribution in [3.05, 3.63) is 29.7 Å². The van der Waals surface area contributed by atoms with Crippen LogP contribution in [0.3, 0.4) is 0 Å². The number of fused-ring (bicyclic) bond motifs is 1. The molecule has 2 aromatic heterocycles. The zero-order chi connectivity index (χ0) is 10.8. The van der Waals surface area contributed by atoms with Crippen LogP contribution >= 0.6 is 0 Å². The molecular weight excluding hydrogens is 192 g/mol. The minimum Gasteiger partial charge on any atom is -0.493 e. The Hall–Kier alpha value is -1.55. The molecule has 2 heterocycles. The van der Waals surface area contributed by atoms with Crippen molar-refractivity contribution in [3.8, 4) is 5.75 Å². The normalized spacial score (nSPS) is 10.9. The number of rotatable bonds is 3. The highest BCUT2D eigenvalue weighted by atomic mass is 16.5. The molecule has 2 aromatic rings. The summed E-state index contributed by atoms with van der Waals surface area (Å²) >= 11 is 0. The van der Waals surface area contributed by atoms with Gasteiger partial charge in [-0.25, -0.2) is 4.98 Å². The third-order valence-corrected chi connectivity index (χ3v) is 2.41. The molecule has 4 heteroatoms. The first-order valence-corrected chi connectivity index (χ1v) is 4.77. The number of methoxy groups -OCH3 is 2. The highest BCUT2D eigenvalue weighted by molar-refractivity contribution is 5.55. The Morgan fingerprint density at radius 2 is 2.20 bits per heavy atom. The fraction of sp³-hybridized carbons (Fsp3) is 0.364. The highest BCUT2D eigenvalue weighted by Crippen LogP contribution is 2.21. The lowest BCUT2D eigenvalue weighted by atomic mass is 10.3. The lowest BCUT2D eigenvalue weighted by molar-refractivity contribution is 0.180. The molecule has 15 heavy (non-hydrogen) atoms. The van der Waals surface area contributed by atoms with Gasteiger partial charge in [0.25, 0.3) is 0 Å². The Morgan fingerprint density at radius 1 is 1.40 bits per heavy atom. The molecule has 0 saturated carbocycles. The first kappa shape index (κ1) is 9.98. The zero-order valence-corrected chi connectivity index (χ0v) is 9.15. The van der Waals surface area contributed by atoms with Crippen molar-refractivity contribution in [2.45, 2.75) is 13.5 Å². The van der Waals surface area contributed by atoms with Gasteiger partial charge < -0.3 is 9.47 Å². The summed E-state index contributed by atoms with van der Waals surface area (Å²) in [5, 5.41) is 0. The molecular formula is C11H14N2O2. The smallest absolute Gasteiger partial charge is 0.180 e. The standard InChI is InChI=1S/C11H14N2O2/c1-8-9(7-14-2)13-6-4-5-10(15-3)11(13)12-8/h4-6H,7H2,1-3H3. The number of nitrogens with zero attached hydrogens (tertiary/aromatic N) is 2. The van der Waals surface area contributed by atoms with Crippen molar-refractivity contribution in [2.24, 2.45) is 0 Å². The average molecular weight is 206 g/mol. The van der Waals surface area contributed by atoms with Gasteiger partial charge in [0.2, 0.25) is 0 Å². The van der Waals surface area contributed by atoms with Gasteiger partial charge in [0, 0.05) is 13.3 Å². The number of ether oxygens (including phenoxy) is 2. The SMILES string of the molecule is COCc1c(C)nc2c(OC)cccn12. The van der Waals surface area contributed by atoms with Gasteiger partial charge in [0.15, 0.2) is 11.4 Å². The van der Waals surface area contributed by atoms with Gasteiger partial charge in [-0.05, 0) is 19.1 Å². The topological polar surface area (TPSA) is 35.8 Å². The van der Waals surface area contributed by atoms with Crippen LogP contribution in [0.2, 0.25) is 0 Å². The van der Waals surface area contributed by atoms with Gasteiger partial charge >= 0.3 is 0 Å². The van der Waals surface area contributed by atoms with Crippen LogP contribution in [-0.4, -0.2) is 23.6 Å². The molecule has 0 amide bonds. The second-order valence-corrected chi connectivity index (χ2v) is 3.35. The second kappa shape index (κ2) is 3.90. The summed E-state index contributed by atoms with van der Waals surface area (Å²) in [4.78, 5) is 4.46. The summed E-state index contributed by atoms with van der Waals surface area (Å²) in [7, 11) is 3.33. The molecule has 0 N–H and O–H groups in total. The van der Waals surface area contributed by atoms with Gasteiger partial charge in [-0.1, -0.05) is 0 Å². The molecule has 0 unspecified atom stereocenters. The molecule has 0 aliphatic heterocycles. The number of hydrogen-bond donors (Lipinski definition) is 0. The molecule has 4 nitrogen and oxygen atoms in total. The molecule has 0 spiro atoms. The average Bonchev–Trinajstić information content (AvgIpc) is 2.56. The van der Waals surface area contributed by atoms with E-state index in [9.17, 15) is 0 Å². The van der Waals surface area contributed by atoms with Crippen LogP contribution in [0, 0.1) is 6.92 Å². The van der Waals surface area contributed by atoms with Crippen molar-refractivity contribution in [1.29, 1.82) is 0 Å². The zero-order valence-electron chi connectivity index (χ0n) is 9.15. The van der Waals surface area contributed by atoms with Crippen molar-refractivity contribution < 1.29 is 9.47 Å². The van der Waals surface area contributed by atoms with E-state index < -0.39 is 0 Å². The monoisotopic (exact) mass is 206 g/mol. The molecule has 0 bridgehead atoms. The molecule has 0 fully saturated rings. The summed E-state index contributed by atoms with van der Waals surface area (Å²) in [6.45, 7) is 2.53. The summed E-state index contributed by atoms with van der Waals surface area (Å²) < 4.78 is 12.4. The van der Waals surface area contributed by atoms with Gasteiger partial charge in [-0.2, -0.15) is 0 Å². The summed E-state index contributed by atoms with van der Waals surface area (Å²) in [6, 6.07) is 3.84. The summed E-state index contributed by atoms with van der Waals surface area (Å²) in [5.74, 6) is 0.781. The third-order valence-electron chi connectivity index (χ3n) is 2.41. The Balaban J connectivity index is 2.67. The van der Waals surface area contributed by atoms with Crippen molar-refractivity contribution in [3.63, 3.8) is 0 Å². The number of imidazole rings is 1. The van der Waals surface area contributed by atoms with E-state index in [-0.39, 0.29) is 0 Å². The molecule has 0 saturated heterocycles. The minimum absolute atomic E-state index is 0.556. The maximum absolute atomic E-state index is 5.25. The van der Waals surface area contributed by atoms with E-state index in [0.717, 1.165) is 22.8 Å². The molecule has 0 aromatic carbocycles. The lowest BCUT2D eigenvalue weighted by Crippen LogP contribution is -1.96. The van der Waals surface area contributed by atoms with E-state index in [0.29, 0.717) is 6.61 Å². The van der Waals surface area contributed by atoms with E-state index >= 15 is 0 Å². The number of pyridine rings is 1. The number of aryl methyl sites for hydroxylation is 1. The number of hydrogen-bond acceptors (Lipinski definition) is 3. The predicted molar refractivity (Wildman–Crippen MR) is 57.2 cm³/mol. The second-order valence-electron chi connectivity index (χ2n) is 3.35. The van der Waals surface area contributed by atoms with Crippen molar-refractivity contribution in [1.82, 2.24) is 9.38 Å². The fourth-order valence-electron chi connectivity index (χ4n) is 1.67. The Morgan fingerprint density at radius 3 is 2.87 bits per heavy atom. The Bertz CT molecular complexity index is 477. The van der Waals surface area contributed by atoms with E-state index in [2.05, 4.69) is 4.98 Å². The van der Waals surface area contributed by atoms with Gasteiger partial charge in [-0.3, -0.25) is 4.40 Å². The fourth-order valence-corrected chi connectivity index (χ4v) is 1.67. The molecule has 0 radical (unpaired) electrons. The molecule has 2 rings (SSSR count). The van der Waals surface area contributed by atoms with E-state index in [4.69, 9.17) is 9.47 Å². The van der Waals surface area contributed by atoms with E-state index in [1.165, 1.54) is 0 Å². The first-order valence-electron chi connectivity index (χ1n) is 4.77. The van der Waals surface area contributed by atoms with E-state index in [1.807, 2.05) is 29.7 Å². The lowest BCUT2D eigenvalue weighted by Gasteiger charge is -2.03. The van der Waals surface area contributed by atoms with Crippen molar-refractivity contribution >= 4 is 5.65 Å². The third kappa shape index (κ3) is 1.57. The molecule has 0 atom stereocenters. The number of aromatic nitrogens is 2. The molecule has 0 aliphatic carbocycles. The van der Waals surface area contributed by atoms with E-state index in [1.54, 1.807) is 14.2 Å². The maximum atomic E-state index is 5.25. The minimum atomic E-state index is 0.556. The highest BCUT2D eigenvalue weighted by Gasteiger charge is 2.11. The largest absolute Gasteiger partial charge is 0.493 e. The van der Waals surface area contributed by atoms with Crippen molar-refractivity contribution in [2.75, 3.05) is 14.2 Å². The van der Waals surface area contributed by atoms with Crippen LogP contribution in [-0.2, 0) is 11.3 Å². The Labute approximate surface area is 88.5 Å². The molecule has 0 aliphatic rings. The predicted octanol–water partition coefficient (Wildman–Crippen LogP) is 1.80. The van der Waals surface area contributed by atoms with Crippen LogP contribution in [0.4, 0.5) is 0 Å². The van der Waals surface area contributed by atoms with Gasteiger partial charge in [-0.15, -0.1) is 0 Å². The van der Waals surface area contributed by atoms with Crippen LogP contribution in [0.25, 0.3) is 5.65 Å². The van der Waals surface area contributed by atoms with Crippen LogP contribution in [0.1, 0.15) is 11.4 Å². The molecule has 80 valence electrons. The summed E-state index contributed by atoms with van der Waals surface area (Å²) in [5.41, 5.74) is 2.87. The first-order chi connectivity index (χ1) is 7.27. The van der Waals surface area contributed by atoms with Gasteiger partial charge in [0.05, 0.1) is 25.1 Å². The van der Waals surface area contributed by atoms with Crippen LogP contribution < -0.4 is 4.74 Å². The maximum Gasteiger partial charge on any atom is 0.180 e. The van der Waals surface area contributed by atoms with Crippen LogP contribution in [0.15, 0.2) is 18.3 Å². The van der Waals surface area contributed by atoms with Crippen LogP contribution in [0.5, 0.6) is 5.75 Å². The quantitative estimate of drug-likeness (QED) is 0.768.